The molecule has 0 saturated heterocycles. The van der Waals surface area contributed by atoms with Gasteiger partial charge in [0, 0.05) is 21.2 Å². The van der Waals surface area contributed by atoms with Gasteiger partial charge in [0.05, 0.1) is 0 Å². The first-order valence-corrected chi connectivity index (χ1v) is 8.01. The maximum Gasteiger partial charge on any atom is 0.159 e. The van der Waals surface area contributed by atoms with Crippen molar-refractivity contribution in [3.63, 3.8) is 0 Å². The lowest BCUT2D eigenvalue weighted by Crippen LogP contribution is -1.87. The van der Waals surface area contributed by atoms with Crippen LogP contribution in [0, 0.1) is 18.6 Å². The Morgan fingerprint density at radius 1 is 0.955 bits per heavy atom. The van der Waals surface area contributed by atoms with Gasteiger partial charge in [-0.05, 0) is 48.4 Å². The van der Waals surface area contributed by atoms with Crippen molar-refractivity contribution in [3.8, 4) is 10.4 Å². The Morgan fingerprint density at radius 2 is 1.77 bits per heavy atom. The highest BCUT2D eigenvalue weighted by Crippen LogP contribution is 2.31. The molecule has 3 aromatic rings. The zero-order valence-corrected chi connectivity index (χ0v) is 13.4. The smallest absolute Gasteiger partial charge is 0.159 e. The Hall–Kier alpha value is -1.71. The van der Waals surface area contributed by atoms with Crippen LogP contribution in [0.4, 0.5) is 8.78 Å². The molecule has 3 rings (SSSR count). The van der Waals surface area contributed by atoms with E-state index in [1.807, 2.05) is 31.2 Å². The molecule has 0 radical (unpaired) electrons. The van der Waals surface area contributed by atoms with Gasteiger partial charge in [-0.15, -0.1) is 11.3 Å². The fourth-order valence-electron chi connectivity index (χ4n) is 2.30. The summed E-state index contributed by atoms with van der Waals surface area (Å²) in [5.41, 5.74) is 2.92. The highest BCUT2D eigenvalue weighted by molar-refractivity contribution is 7.15. The van der Waals surface area contributed by atoms with Gasteiger partial charge in [0.15, 0.2) is 11.6 Å². The van der Waals surface area contributed by atoms with Gasteiger partial charge in [0.25, 0.3) is 0 Å². The summed E-state index contributed by atoms with van der Waals surface area (Å²) in [7, 11) is 0. The molecule has 1 aromatic heterocycles. The predicted octanol–water partition coefficient (Wildman–Crippen LogP) is 6.25. The van der Waals surface area contributed by atoms with Crippen LogP contribution in [0.3, 0.4) is 0 Å². The van der Waals surface area contributed by atoms with Crippen LogP contribution < -0.4 is 0 Å². The Kier molecular flexibility index (Phi) is 4.27. The van der Waals surface area contributed by atoms with Crippen molar-refractivity contribution in [1.29, 1.82) is 0 Å². The van der Waals surface area contributed by atoms with Gasteiger partial charge < -0.3 is 0 Å². The molecular weight excluding hydrogens is 322 g/mol. The first-order valence-electron chi connectivity index (χ1n) is 6.82. The quantitative estimate of drug-likeness (QED) is 0.531. The molecule has 0 unspecified atom stereocenters. The fraction of sp³-hybridized carbons (Fsp3) is 0.111. The molecule has 0 spiro atoms. The molecule has 1 heterocycles. The predicted molar refractivity (Wildman–Crippen MR) is 88.7 cm³/mol. The molecule has 0 N–H and O–H groups in total. The molecule has 22 heavy (non-hydrogen) atoms. The van der Waals surface area contributed by atoms with Crippen molar-refractivity contribution in [3.05, 3.63) is 81.2 Å². The van der Waals surface area contributed by atoms with Crippen molar-refractivity contribution in [2.45, 2.75) is 13.3 Å². The molecule has 0 fully saturated rings. The summed E-state index contributed by atoms with van der Waals surface area (Å²) < 4.78 is 26.3. The summed E-state index contributed by atoms with van der Waals surface area (Å²) in [6, 6.07) is 13.8. The van der Waals surface area contributed by atoms with Crippen LogP contribution >= 0.6 is 22.9 Å². The molecule has 0 saturated carbocycles. The van der Waals surface area contributed by atoms with Crippen molar-refractivity contribution in [2.24, 2.45) is 0 Å². The number of halogens is 3. The minimum Gasteiger partial charge on any atom is -0.204 e. The number of rotatable bonds is 3. The normalized spacial score (nSPS) is 10.9. The molecule has 0 aliphatic heterocycles. The molecular formula is C18H13ClF2S. The second-order valence-electron chi connectivity index (χ2n) is 5.17. The second-order valence-corrected chi connectivity index (χ2v) is 6.74. The van der Waals surface area contributed by atoms with E-state index in [-0.39, 0.29) is 0 Å². The Labute approximate surface area is 137 Å². The summed E-state index contributed by atoms with van der Waals surface area (Å²) in [5, 5.41) is 0.744. The Morgan fingerprint density at radius 3 is 2.55 bits per heavy atom. The first kappa shape index (κ1) is 15.2. The van der Waals surface area contributed by atoms with Crippen molar-refractivity contribution in [1.82, 2.24) is 0 Å². The number of hydrogen-bond acceptors (Lipinski definition) is 1. The van der Waals surface area contributed by atoms with Gasteiger partial charge in [-0.1, -0.05) is 35.4 Å². The van der Waals surface area contributed by atoms with E-state index in [2.05, 4.69) is 6.07 Å². The molecule has 0 nitrogen and oxygen atoms in total. The molecule has 4 heteroatoms. The SMILES string of the molecule is Cc1ccc(Cl)c(Cc2ccc(-c3ccc(F)c(F)c3)s2)c1. The van der Waals surface area contributed by atoms with Gasteiger partial charge in [0.2, 0.25) is 0 Å². The third kappa shape index (κ3) is 3.21. The van der Waals surface area contributed by atoms with E-state index in [9.17, 15) is 8.78 Å². The Bertz CT molecular complexity index is 824. The summed E-state index contributed by atoms with van der Waals surface area (Å²) in [6.45, 7) is 2.03. The van der Waals surface area contributed by atoms with E-state index < -0.39 is 11.6 Å². The van der Waals surface area contributed by atoms with Crippen molar-refractivity contribution < 1.29 is 8.78 Å². The zero-order chi connectivity index (χ0) is 15.7. The standard InChI is InChI=1S/C18H13ClF2S/c1-11-2-5-15(19)13(8-11)9-14-4-7-18(22-14)12-3-6-16(20)17(21)10-12/h2-8,10H,9H2,1H3. The van der Waals surface area contributed by atoms with Gasteiger partial charge in [-0.25, -0.2) is 8.78 Å². The van der Waals surface area contributed by atoms with E-state index in [4.69, 9.17) is 11.6 Å². The van der Waals surface area contributed by atoms with Gasteiger partial charge in [0.1, 0.15) is 0 Å². The van der Waals surface area contributed by atoms with Crippen molar-refractivity contribution >= 4 is 22.9 Å². The van der Waals surface area contributed by atoms with E-state index in [0.29, 0.717) is 5.56 Å². The molecule has 0 aliphatic carbocycles. The topological polar surface area (TPSA) is 0 Å². The Balaban J connectivity index is 1.87. The molecule has 0 bridgehead atoms. The summed E-state index contributed by atoms with van der Waals surface area (Å²) in [4.78, 5) is 2.05. The largest absolute Gasteiger partial charge is 0.204 e. The fourth-order valence-corrected chi connectivity index (χ4v) is 3.52. The monoisotopic (exact) mass is 334 g/mol. The van der Waals surface area contributed by atoms with E-state index >= 15 is 0 Å². The van der Waals surface area contributed by atoms with Crippen LogP contribution in [0.2, 0.25) is 5.02 Å². The molecule has 0 aliphatic rings. The van der Waals surface area contributed by atoms with E-state index in [0.717, 1.165) is 38.4 Å². The lowest BCUT2D eigenvalue weighted by molar-refractivity contribution is 0.509. The van der Waals surface area contributed by atoms with E-state index in [1.54, 1.807) is 17.4 Å². The van der Waals surface area contributed by atoms with Crippen LogP contribution in [0.15, 0.2) is 48.5 Å². The van der Waals surface area contributed by atoms with Gasteiger partial charge in [-0.3, -0.25) is 0 Å². The van der Waals surface area contributed by atoms with Gasteiger partial charge >= 0.3 is 0 Å². The zero-order valence-electron chi connectivity index (χ0n) is 11.9. The minimum atomic E-state index is -0.827. The van der Waals surface area contributed by atoms with Gasteiger partial charge in [-0.2, -0.15) is 0 Å². The minimum absolute atomic E-state index is 0.686. The highest BCUT2D eigenvalue weighted by Gasteiger charge is 2.09. The maximum atomic E-state index is 13.3. The lowest BCUT2D eigenvalue weighted by atomic mass is 10.1. The third-order valence-electron chi connectivity index (χ3n) is 3.43. The molecule has 112 valence electrons. The average Bonchev–Trinajstić information content (AvgIpc) is 2.94. The third-order valence-corrected chi connectivity index (χ3v) is 4.93. The molecule has 0 atom stereocenters. The average molecular weight is 335 g/mol. The number of thiophene rings is 1. The number of hydrogen-bond donors (Lipinski definition) is 0. The molecule has 2 aromatic carbocycles. The number of benzene rings is 2. The number of aryl methyl sites for hydroxylation is 1. The van der Waals surface area contributed by atoms with Crippen LogP contribution in [0.25, 0.3) is 10.4 Å². The van der Waals surface area contributed by atoms with Crippen LogP contribution in [-0.4, -0.2) is 0 Å². The first-order chi connectivity index (χ1) is 10.5. The van der Waals surface area contributed by atoms with Crippen LogP contribution in [-0.2, 0) is 6.42 Å². The van der Waals surface area contributed by atoms with Crippen LogP contribution in [0.5, 0.6) is 0 Å². The van der Waals surface area contributed by atoms with Crippen LogP contribution in [0.1, 0.15) is 16.0 Å². The maximum absolute atomic E-state index is 13.3. The lowest BCUT2D eigenvalue weighted by Gasteiger charge is -2.04. The summed E-state index contributed by atoms with van der Waals surface area (Å²) >= 11 is 7.78. The molecule has 0 amide bonds. The van der Waals surface area contributed by atoms with E-state index in [1.165, 1.54) is 6.07 Å². The summed E-state index contributed by atoms with van der Waals surface area (Å²) in [5.74, 6) is -1.65. The summed E-state index contributed by atoms with van der Waals surface area (Å²) in [6.07, 6.45) is 0.731. The second kappa shape index (κ2) is 6.19. The highest BCUT2D eigenvalue weighted by atomic mass is 35.5. The van der Waals surface area contributed by atoms with Crippen molar-refractivity contribution in [2.75, 3.05) is 0 Å².